The summed E-state index contributed by atoms with van der Waals surface area (Å²) >= 11 is 5.99. The van der Waals surface area contributed by atoms with Gasteiger partial charge in [0.2, 0.25) is 0 Å². The van der Waals surface area contributed by atoms with Crippen molar-refractivity contribution < 1.29 is 23.9 Å². The number of benzene rings is 3. The van der Waals surface area contributed by atoms with Crippen molar-refractivity contribution in [3.63, 3.8) is 0 Å². The summed E-state index contributed by atoms with van der Waals surface area (Å²) in [5.41, 5.74) is 0.957. The highest BCUT2D eigenvalue weighted by atomic mass is 35.5. The van der Waals surface area contributed by atoms with Crippen LogP contribution < -0.4 is 5.32 Å². The third kappa shape index (κ3) is 3.49. The van der Waals surface area contributed by atoms with Gasteiger partial charge in [0, 0.05) is 22.3 Å². The molecule has 0 fully saturated rings. The standard InChI is InChI=1S/C23H14ClNO5/c24-17-10-3-4-11-18(17)25-19(26)12-30-23(29)16-9-5-8-15-20(16)22(28)14-7-2-1-6-13(14)21(15)27/h1-11H,12H2,(H,25,26). The summed E-state index contributed by atoms with van der Waals surface area (Å²) in [4.78, 5) is 50.4. The second-order valence-corrected chi connectivity index (χ2v) is 6.94. The van der Waals surface area contributed by atoms with Crippen LogP contribution in [0, 0.1) is 0 Å². The summed E-state index contributed by atoms with van der Waals surface area (Å²) < 4.78 is 5.08. The van der Waals surface area contributed by atoms with Crippen LogP contribution in [0.1, 0.15) is 42.2 Å². The molecule has 1 aliphatic rings. The highest BCUT2D eigenvalue weighted by molar-refractivity contribution is 6.33. The topological polar surface area (TPSA) is 89.5 Å². The van der Waals surface area contributed by atoms with E-state index in [1.807, 2.05) is 0 Å². The molecule has 30 heavy (non-hydrogen) atoms. The van der Waals surface area contributed by atoms with Crippen molar-refractivity contribution in [2.45, 2.75) is 0 Å². The predicted molar refractivity (Wildman–Crippen MR) is 110 cm³/mol. The first kappa shape index (κ1) is 19.5. The van der Waals surface area contributed by atoms with Gasteiger partial charge in [-0.25, -0.2) is 4.79 Å². The molecule has 3 aromatic carbocycles. The average Bonchev–Trinajstić information content (AvgIpc) is 2.77. The van der Waals surface area contributed by atoms with E-state index in [9.17, 15) is 19.2 Å². The number of esters is 1. The van der Waals surface area contributed by atoms with E-state index in [4.69, 9.17) is 16.3 Å². The van der Waals surface area contributed by atoms with Gasteiger partial charge >= 0.3 is 5.97 Å². The molecule has 6 nitrogen and oxygen atoms in total. The fourth-order valence-corrected chi connectivity index (χ4v) is 3.46. The molecule has 0 aromatic heterocycles. The van der Waals surface area contributed by atoms with E-state index < -0.39 is 24.3 Å². The van der Waals surface area contributed by atoms with Crippen molar-refractivity contribution in [2.24, 2.45) is 0 Å². The molecule has 0 unspecified atom stereocenters. The molecule has 4 rings (SSSR count). The fraction of sp³-hybridized carbons (Fsp3) is 0.0435. The first-order chi connectivity index (χ1) is 14.5. The van der Waals surface area contributed by atoms with Crippen molar-refractivity contribution >= 4 is 40.7 Å². The lowest BCUT2D eigenvalue weighted by molar-refractivity contribution is -0.119. The van der Waals surface area contributed by atoms with Gasteiger partial charge in [-0.1, -0.05) is 60.1 Å². The molecule has 1 aliphatic carbocycles. The molecular weight excluding hydrogens is 406 g/mol. The quantitative estimate of drug-likeness (QED) is 0.506. The number of fused-ring (bicyclic) bond motifs is 2. The Morgan fingerprint density at radius 1 is 0.800 bits per heavy atom. The summed E-state index contributed by atoms with van der Waals surface area (Å²) in [6.45, 7) is -0.577. The van der Waals surface area contributed by atoms with E-state index in [1.165, 1.54) is 24.3 Å². The minimum absolute atomic E-state index is 0.0160. The Kier molecular flexibility index (Phi) is 5.16. The van der Waals surface area contributed by atoms with E-state index in [1.54, 1.807) is 42.5 Å². The molecule has 0 atom stereocenters. The smallest absolute Gasteiger partial charge is 0.339 e. The second kappa shape index (κ2) is 7.93. The minimum atomic E-state index is -0.873. The van der Waals surface area contributed by atoms with Crippen molar-refractivity contribution in [3.05, 3.63) is 99.6 Å². The summed E-state index contributed by atoms with van der Waals surface area (Å²) in [5, 5.41) is 2.88. The number of hydrogen-bond acceptors (Lipinski definition) is 5. The molecule has 0 radical (unpaired) electrons. The van der Waals surface area contributed by atoms with Gasteiger partial charge < -0.3 is 10.1 Å². The summed E-state index contributed by atoms with van der Waals surface area (Å²) in [5.74, 6) is -2.24. The highest BCUT2D eigenvalue weighted by Gasteiger charge is 2.33. The van der Waals surface area contributed by atoms with Crippen molar-refractivity contribution in [1.82, 2.24) is 0 Å². The first-order valence-electron chi connectivity index (χ1n) is 9.00. The van der Waals surface area contributed by atoms with E-state index in [0.29, 0.717) is 16.3 Å². The number of rotatable bonds is 4. The maximum absolute atomic E-state index is 12.9. The Morgan fingerprint density at radius 3 is 2.17 bits per heavy atom. The number of ether oxygens (including phenoxy) is 1. The molecule has 1 N–H and O–H groups in total. The summed E-state index contributed by atoms with van der Waals surface area (Å²) in [6, 6.07) is 17.4. The molecule has 0 saturated heterocycles. The van der Waals surface area contributed by atoms with Crippen LogP contribution in [-0.2, 0) is 9.53 Å². The van der Waals surface area contributed by atoms with Crippen LogP contribution in [0.4, 0.5) is 5.69 Å². The molecule has 0 saturated carbocycles. The second-order valence-electron chi connectivity index (χ2n) is 6.54. The Balaban J connectivity index is 1.55. The van der Waals surface area contributed by atoms with Gasteiger partial charge in [-0.3, -0.25) is 14.4 Å². The normalized spacial score (nSPS) is 12.0. The van der Waals surface area contributed by atoms with Gasteiger partial charge in [0.25, 0.3) is 5.91 Å². The number of halogens is 1. The molecule has 0 aliphatic heterocycles. The predicted octanol–water partition coefficient (Wildman–Crippen LogP) is 3.91. The van der Waals surface area contributed by atoms with Crippen molar-refractivity contribution in [1.29, 1.82) is 0 Å². The number of carbonyl (C=O) groups is 4. The van der Waals surface area contributed by atoms with Gasteiger partial charge in [0.05, 0.1) is 16.3 Å². The zero-order valence-electron chi connectivity index (χ0n) is 15.5. The number of amides is 1. The van der Waals surface area contributed by atoms with Gasteiger partial charge in [-0.2, -0.15) is 0 Å². The van der Waals surface area contributed by atoms with Crippen molar-refractivity contribution in [3.8, 4) is 0 Å². The third-order valence-electron chi connectivity index (χ3n) is 4.65. The van der Waals surface area contributed by atoms with Crippen molar-refractivity contribution in [2.75, 3.05) is 11.9 Å². The molecule has 3 aromatic rings. The number of ketones is 2. The maximum Gasteiger partial charge on any atom is 0.339 e. The Morgan fingerprint density at radius 2 is 1.43 bits per heavy atom. The van der Waals surface area contributed by atoms with Crippen LogP contribution in [0.3, 0.4) is 0 Å². The largest absolute Gasteiger partial charge is 0.452 e. The lowest BCUT2D eigenvalue weighted by Crippen LogP contribution is -2.26. The summed E-state index contributed by atoms with van der Waals surface area (Å²) in [6.07, 6.45) is 0. The van der Waals surface area contributed by atoms with Gasteiger partial charge in [0.1, 0.15) is 0 Å². The molecule has 7 heteroatoms. The first-order valence-corrected chi connectivity index (χ1v) is 9.38. The molecule has 0 spiro atoms. The SMILES string of the molecule is O=C(COC(=O)c1cccc2c1C(=O)c1ccccc1C2=O)Nc1ccccc1Cl. The Hall–Kier alpha value is -3.77. The lowest BCUT2D eigenvalue weighted by Gasteiger charge is -2.19. The van der Waals surface area contributed by atoms with E-state index in [2.05, 4.69) is 5.32 Å². The van der Waals surface area contributed by atoms with Gasteiger partial charge in [-0.05, 0) is 18.2 Å². The Labute approximate surface area is 176 Å². The average molecular weight is 420 g/mol. The lowest BCUT2D eigenvalue weighted by atomic mass is 9.82. The van der Waals surface area contributed by atoms with Gasteiger partial charge in [0.15, 0.2) is 18.2 Å². The zero-order valence-corrected chi connectivity index (χ0v) is 16.2. The number of hydrogen-bond donors (Lipinski definition) is 1. The van der Waals surface area contributed by atoms with Crippen LogP contribution >= 0.6 is 11.6 Å². The number of anilines is 1. The number of carbonyl (C=O) groups excluding carboxylic acids is 4. The van der Waals surface area contributed by atoms with Crippen LogP contribution in [0.2, 0.25) is 5.02 Å². The maximum atomic E-state index is 12.9. The molecule has 148 valence electrons. The monoisotopic (exact) mass is 419 g/mol. The van der Waals surface area contributed by atoms with Crippen LogP contribution in [0.15, 0.2) is 66.7 Å². The number of para-hydroxylation sites is 1. The Bertz CT molecular complexity index is 1220. The third-order valence-corrected chi connectivity index (χ3v) is 4.98. The fourth-order valence-electron chi connectivity index (χ4n) is 3.27. The van der Waals surface area contributed by atoms with E-state index in [0.717, 1.165) is 0 Å². The van der Waals surface area contributed by atoms with Crippen LogP contribution in [0.25, 0.3) is 0 Å². The molecule has 1 amide bonds. The van der Waals surface area contributed by atoms with Crippen LogP contribution in [0.5, 0.6) is 0 Å². The zero-order chi connectivity index (χ0) is 21.3. The number of nitrogens with one attached hydrogen (secondary N) is 1. The highest BCUT2D eigenvalue weighted by Crippen LogP contribution is 2.29. The summed E-state index contributed by atoms with van der Waals surface area (Å²) in [7, 11) is 0. The molecule has 0 bridgehead atoms. The van der Waals surface area contributed by atoms with Crippen LogP contribution in [-0.4, -0.2) is 30.0 Å². The molecular formula is C23H14ClNO5. The molecule has 0 heterocycles. The van der Waals surface area contributed by atoms with Gasteiger partial charge in [-0.15, -0.1) is 0 Å². The minimum Gasteiger partial charge on any atom is -0.452 e. The van der Waals surface area contributed by atoms with E-state index >= 15 is 0 Å². The van der Waals surface area contributed by atoms with E-state index in [-0.39, 0.29) is 28.0 Å².